The average molecular weight is 421 g/mol. The number of carbonyl (C=O) groups excluding carboxylic acids is 3. The van der Waals surface area contributed by atoms with Crippen LogP contribution in [0.5, 0.6) is 0 Å². The Morgan fingerprint density at radius 3 is 2.73 bits per heavy atom. The zero-order valence-electron chi connectivity index (χ0n) is 15.9. The molecule has 1 aliphatic heterocycles. The molecule has 0 unspecified atom stereocenters. The minimum Gasteiger partial charge on any atom is -0.351 e. The summed E-state index contributed by atoms with van der Waals surface area (Å²) < 4.78 is 1.78. The molecule has 4 amide bonds. The lowest BCUT2D eigenvalue weighted by atomic mass is 10.2. The van der Waals surface area contributed by atoms with E-state index in [2.05, 4.69) is 15.7 Å². The molecule has 9 heteroatoms. The Hall–Kier alpha value is -3.72. The topological polar surface area (TPSA) is 96.3 Å². The standard InChI is InChI=1S/C21H19N5O3S/c27-18(22-10-11-25-19(28)13-23-21(25)29)9-8-15-14-26(16-5-2-1-3-6-16)24-20(15)17-7-4-12-30-17/h1-9,12,14H,10-11,13H2,(H,22,27)(H,23,29). The second-order valence-corrected chi connectivity index (χ2v) is 7.47. The highest BCUT2D eigenvalue weighted by Gasteiger charge is 2.27. The van der Waals surface area contributed by atoms with Crippen molar-refractivity contribution in [2.24, 2.45) is 0 Å². The monoisotopic (exact) mass is 421 g/mol. The van der Waals surface area contributed by atoms with Gasteiger partial charge in [-0.15, -0.1) is 11.3 Å². The van der Waals surface area contributed by atoms with Crippen molar-refractivity contribution in [1.29, 1.82) is 0 Å². The van der Waals surface area contributed by atoms with Crippen LogP contribution in [0.2, 0.25) is 0 Å². The predicted molar refractivity (Wildman–Crippen MR) is 114 cm³/mol. The Morgan fingerprint density at radius 2 is 2.03 bits per heavy atom. The lowest BCUT2D eigenvalue weighted by Crippen LogP contribution is -2.38. The van der Waals surface area contributed by atoms with Crippen LogP contribution in [0, 0.1) is 0 Å². The first-order valence-corrected chi connectivity index (χ1v) is 10.2. The van der Waals surface area contributed by atoms with E-state index in [4.69, 9.17) is 0 Å². The number of hydrogen-bond acceptors (Lipinski definition) is 5. The van der Waals surface area contributed by atoms with Crippen molar-refractivity contribution in [1.82, 2.24) is 25.3 Å². The van der Waals surface area contributed by atoms with Gasteiger partial charge in [-0.05, 0) is 29.7 Å². The highest BCUT2D eigenvalue weighted by Crippen LogP contribution is 2.28. The molecule has 30 heavy (non-hydrogen) atoms. The summed E-state index contributed by atoms with van der Waals surface area (Å²) in [6.45, 7) is 0.323. The first-order valence-electron chi connectivity index (χ1n) is 9.35. The molecule has 152 valence electrons. The van der Waals surface area contributed by atoms with Gasteiger partial charge in [-0.2, -0.15) is 5.10 Å². The summed E-state index contributed by atoms with van der Waals surface area (Å²) in [5, 5.41) is 11.8. The molecule has 1 aromatic carbocycles. The third kappa shape index (κ3) is 4.31. The fraction of sp³-hybridized carbons (Fsp3) is 0.143. The normalized spacial score (nSPS) is 13.8. The van der Waals surface area contributed by atoms with Crippen LogP contribution in [0.1, 0.15) is 5.56 Å². The largest absolute Gasteiger partial charge is 0.351 e. The molecular formula is C21H19N5O3S. The number of rotatable bonds is 7. The van der Waals surface area contributed by atoms with E-state index >= 15 is 0 Å². The summed E-state index contributed by atoms with van der Waals surface area (Å²) in [6, 6.07) is 13.3. The fourth-order valence-electron chi connectivity index (χ4n) is 3.02. The van der Waals surface area contributed by atoms with Crippen LogP contribution in [0.3, 0.4) is 0 Å². The molecule has 2 N–H and O–H groups in total. The van der Waals surface area contributed by atoms with Crippen LogP contribution in [-0.4, -0.2) is 52.2 Å². The minimum atomic E-state index is -0.432. The van der Waals surface area contributed by atoms with Crippen LogP contribution in [-0.2, 0) is 9.59 Å². The van der Waals surface area contributed by atoms with Gasteiger partial charge in [-0.3, -0.25) is 14.5 Å². The molecule has 4 rings (SSSR count). The van der Waals surface area contributed by atoms with E-state index in [0.29, 0.717) is 0 Å². The number of nitrogens with zero attached hydrogens (tertiary/aromatic N) is 3. The number of amides is 4. The molecule has 3 aromatic rings. The maximum atomic E-state index is 12.2. The number of hydrogen-bond donors (Lipinski definition) is 2. The van der Waals surface area contributed by atoms with Gasteiger partial charge in [-0.25, -0.2) is 9.48 Å². The Bertz CT molecular complexity index is 1070. The van der Waals surface area contributed by atoms with Gasteiger partial charge < -0.3 is 10.6 Å². The molecule has 2 aromatic heterocycles. The van der Waals surface area contributed by atoms with Crippen molar-refractivity contribution in [3.63, 3.8) is 0 Å². The number of urea groups is 1. The molecule has 1 saturated heterocycles. The van der Waals surface area contributed by atoms with Crippen LogP contribution in [0.4, 0.5) is 4.79 Å². The summed E-state index contributed by atoms with van der Waals surface area (Å²) in [6.07, 6.45) is 5.02. The molecule has 0 aliphatic carbocycles. The van der Waals surface area contributed by atoms with Crippen LogP contribution >= 0.6 is 11.3 Å². The predicted octanol–water partition coefficient (Wildman–Crippen LogP) is 2.28. The van der Waals surface area contributed by atoms with Gasteiger partial charge in [0.15, 0.2) is 0 Å². The number of benzene rings is 1. The van der Waals surface area contributed by atoms with E-state index in [1.807, 2.05) is 54.0 Å². The number of aromatic nitrogens is 2. The van der Waals surface area contributed by atoms with Gasteiger partial charge in [0.2, 0.25) is 11.8 Å². The van der Waals surface area contributed by atoms with Gasteiger partial charge in [0.05, 0.1) is 17.1 Å². The summed E-state index contributed by atoms with van der Waals surface area (Å²) in [4.78, 5) is 37.3. The summed E-state index contributed by atoms with van der Waals surface area (Å²) >= 11 is 1.58. The van der Waals surface area contributed by atoms with Crippen LogP contribution in [0.15, 0.2) is 60.1 Å². The van der Waals surface area contributed by atoms with Crippen molar-refractivity contribution >= 4 is 35.3 Å². The fourth-order valence-corrected chi connectivity index (χ4v) is 3.76. The second kappa shape index (κ2) is 8.75. The molecular weight excluding hydrogens is 402 g/mol. The first-order chi connectivity index (χ1) is 14.6. The Kier molecular flexibility index (Phi) is 5.71. The number of para-hydroxylation sites is 1. The van der Waals surface area contributed by atoms with Crippen molar-refractivity contribution in [2.45, 2.75) is 0 Å². The molecule has 0 spiro atoms. The Balaban J connectivity index is 1.45. The number of thiophene rings is 1. The lowest BCUT2D eigenvalue weighted by Gasteiger charge is -2.11. The highest BCUT2D eigenvalue weighted by atomic mass is 32.1. The highest BCUT2D eigenvalue weighted by molar-refractivity contribution is 7.13. The van der Waals surface area contributed by atoms with Crippen molar-refractivity contribution in [3.8, 4) is 16.3 Å². The van der Waals surface area contributed by atoms with Crippen molar-refractivity contribution in [2.75, 3.05) is 19.6 Å². The molecule has 0 atom stereocenters. The third-order valence-electron chi connectivity index (χ3n) is 4.50. The van der Waals surface area contributed by atoms with Crippen molar-refractivity contribution in [3.05, 3.63) is 65.7 Å². The van der Waals surface area contributed by atoms with Gasteiger partial charge >= 0.3 is 6.03 Å². The number of carbonyl (C=O) groups is 3. The SMILES string of the molecule is O=C(C=Cc1cn(-c2ccccc2)nc1-c1cccs1)NCCN1C(=O)CNC1=O. The van der Waals surface area contributed by atoms with Gasteiger partial charge in [0.25, 0.3) is 0 Å². The molecule has 3 heterocycles. The zero-order chi connectivity index (χ0) is 20.9. The van der Waals surface area contributed by atoms with Crippen LogP contribution in [0.25, 0.3) is 22.3 Å². The van der Waals surface area contributed by atoms with Gasteiger partial charge in [-0.1, -0.05) is 24.3 Å². The Labute approximate surface area is 176 Å². The van der Waals surface area contributed by atoms with E-state index in [0.717, 1.165) is 26.7 Å². The third-order valence-corrected chi connectivity index (χ3v) is 5.38. The molecule has 0 saturated carbocycles. The van der Waals surface area contributed by atoms with E-state index in [1.165, 1.54) is 6.08 Å². The van der Waals surface area contributed by atoms with Crippen LogP contribution < -0.4 is 10.6 Å². The molecule has 0 bridgehead atoms. The quantitative estimate of drug-likeness (QED) is 0.452. The van der Waals surface area contributed by atoms with E-state index in [-0.39, 0.29) is 31.4 Å². The summed E-state index contributed by atoms with van der Waals surface area (Å²) in [7, 11) is 0. The van der Waals surface area contributed by atoms with Gasteiger partial charge in [0, 0.05) is 30.9 Å². The average Bonchev–Trinajstić information content (AvgIpc) is 3.49. The minimum absolute atomic E-state index is 0.00355. The van der Waals surface area contributed by atoms with E-state index in [1.54, 1.807) is 22.1 Å². The smallest absolute Gasteiger partial charge is 0.324 e. The maximum absolute atomic E-state index is 12.2. The Morgan fingerprint density at radius 1 is 1.20 bits per heavy atom. The first kappa shape index (κ1) is 19.6. The molecule has 1 fully saturated rings. The lowest BCUT2D eigenvalue weighted by molar-refractivity contribution is -0.125. The molecule has 1 aliphatic rings. The molecule has 0 radical (unpaired) electrons. The number of nitrogens with one attached hydrogen (secondary N) is 2. The summed E-state index contributed by atoms with van der Waals surface area (Å²) in [5.41, 5.74) is 2.52. The zero-order valence-corrected chi connectivity index (χ0v) is 16.8. The van der Waals surface area contributed by atoms with Gasteiger partial charge in [0.1, 0.15) is 5.69 Å². The second-order valence-electron chi connectivity index (χ2n) is 6.52. The number of imide groups is 1. The van der Waals surface area contributed by atoms with E-state index < -0.39 is 6.03 Å². The summed E-state index contributed by atoms with van der Waals surface area (Å²) in [5.74, 6) is -0.606. The molecule has 8 nitrogen and oxygen atoms in total. The maximum Gasteiger partial charge on any atom is 0.324 e. The van der Waals surface area contributed by atoms with Crippen molar-refractivity contribution < 1.29 is 14.4 Å². The van der Waals surface area contributed by atoms with E-state index in [9.17, 15) is 14.4 Å².